The number of rotatable bonds is 8. The van der Waals surface area contributed by atoms with Gasteiger partial charge in [0.2, 0.25) is 0 Å². The Labute approximate surface area is 132 Å². The first-order chi connectivity index (χ1) is 9.42. The maximum Gasteiger partial charge on any atom is 0.133 e. The summed E-state index contributed by atoms with van der Waals surface area (Å²) in [4.78, 5) is 0. The molecule has 3 heteroatoms. The lowest BCUT2D eigenvalue weighted by molar-refractivity contribution is 0.411. The van der Waals surface area contributed by atoms with Crippen molar-refractivity contribution in [3.8, 4) is 5.75 Å². The normalized spacial score (nSPS) is 11.7. The molecule has 0 saturated carbocycles. The second kappa shape index (κ2) is 8.68. The van der Waals surface area contributed by atoms with E-state index < -0.39 is 0 Å². The number of unbranched alkanes of at least 4 members (excludes halogenated alkanes) is 3. The van der Waals surface area contributed by atoms with Crippen LogP contribution in [0.5, 0.6) is 5.75 Å². The van der Waals surface area contributed by atoms with Crippen molar-refractivity contribution in [3.63, 3.8) is 0 Å². The van der Waals surface area contributed by atoms with E-state index in [0.29, 0.717) is 0 Å². The number of hydrogen-bond acceptors (Lipinski definition) is 2. The minimum Gasteiger partial charge on any atom is -0.496 e. The van der Waals surface area contributed by atoms with Crippen molar-refractivity contribution in [1.82, 2.24) is 5.32 Å². The highest BCUT2D eigenvalue weighted by Gasteiger charge is 2.07. The molecule has 0 bridgehead atoms. The maximum atomic E-state index is 5.24. The predicted molar refractivity (Wildman–Crippen MR) is 90.6 cm³/mol. The number of methoxy groups -OCH3 is 1. The van der Waals surface area contributed by atoms with Gasteiger partial charge in [0.25, 0.3) is 0 Å². The van der Waals surface area contributed by atoms with Gasteiger partial charge in [0.1, 0.15) is 5.75 Å². The molecule has 1 aromatic rings. The van der Waals surface area contributed by atoms with Gasteiger partial charge in [-0.05, 0) is 80.2 Å². The Balaban J connectivity index is 2.14. The minimum atomic E-state index is 0.245. The Morgan fingerprint density at radius 2 is 1.80 bits per heavy atom. The van der Waals surface area contributed by atoms with Crippen LogP contribution in [0.3, 0.4) is 0 Å². The monoisotopic (exact) mass is 341 g/mol. The van der Waals surface area contributed by atoms with Crippen molar-refractivity contribution >= 4 is 15.9 Å². The van der Waals surface area contributed by atoms with Crippen molar-refractivity contribution in [1.29, 1.82) is 0 Å². The van der Waals surface area contributed by atoms with Gasteiger partial charge in [-0.15, -0.1) is 0 Å². The molecule has 0 aromatic heterocycles. The van der Waals surface area contributed by atoms with Crippen molar-refractivity contribution in [2.75, 3.05) is 13.7 Å². The number of ether oxygens (including phenoxy) is 1. The van der Waals surface area contributed by atoms with Crippen LogP contribution in [0, 0.1) is 0 Å². The fraction of sp³-hybridized carbons (Fsp3) is 0.647. The highest BCUT2D eigenvalue weighted by molar-refractivity contribution is 9.10. The lowest BCUT2D eigenvalue weighted by Crippen LogP contribution is -2.36. The van der Waals surface area contributed by atoms with E-state index in [1.807, 2.05) is 6.07 Å². The van der Waals surface area contributed by atoms with Gasteiger partial charge in [-0.2, -0.15) is 0 Å². The molecule has 20 heavy (non-hydrogen) atoms. The van der Waals surface area contributed by atoms with Crippen molar-refractivity contribution in [2.24, 2.45) is 0 Å². The van der Waals surface area contributed by atoms with E-state index >= 15 is 0 Å². The number of aryl methyl sites for hydroxylation is 1. The number of hydrogen-bond donors (Lipinski definition) is 1. The van der Waals surface area contributed by atoms with E-state index in [-0.39, 0.29) is 5.54 Å². The van der Waals surface area contributed by atoms with Gasteiger partial charge < -0.3 is 10.1 Å². The lowest BCUT2D eigenvalue weighted by Gasteiger charge is -2.20. The van der Waals surface area contributed by atoms with Crippen molar-refractivity contribution < 1.29 is 4.74 Å². The summed E-state index contributed by atoms with van der Waals surface area (Å²) in [5.41, 5.74) is 1.63. The average molecular weight is 342 g/mol. The van der Waals surface area contributed by atoms with Gasteiger partial charge >= 0.3 is 0 Å². The topological polar surface area (TPSA) is 21.3 Å². The van der Waals surface area contributed by atoms with Crippen LogP contribution in [-0.2, 0) is 6.42 Å². The zero-order chi connectivity index (χ0) is 15.0. The molecule has 1 rings (SSSR count). The zero-order valence-electron chi connectivity index (χ0n) is 13.3. The van der Waals surface area contributed by atoms with Gasteiger partial charge in [-0.3, -0.25) is 0 Å². The van der Waals surface area contributed by atoms with Crippen LogP contribution < -0.4 is 10.1 Å². The molecule has 0 saturated heterocycles. The first-order valence-electron chi connectivity index (χ1n) is 7.50. The molecular weight excluding hydrogens is 314 g/mol. The maximum absolute atomic E-state index is 5.24. The molecule has 0 spiro atoms. The molecule has 0 radical (unpaired) electrons. The fourth-order valence-corrected chi connectivity index (χ4v) is 2.72. The van der Waals surface area contributed by atoms with Crippen LogP contribution >= 0.6 is 15.9 Å². The van der Waals surface area contributed by atoms with Gasteiger partial charge in [0.05, 0.1) is 11.6 Å². The molecule has 114 valence electrons. The van der Waals surface area contributed by atoms with E-state index in [2.05, 4.69) is 54.2 Å². The number of halogens is 1. The van der Waals surface area contributed by atoms with Crippen LogP contribution in [0.2, 0.25) is 0 Å². The Hall–Kier alpha value is -0.540. The minimum absolute atomic E-state index is 0.245. The van der Waals surface area contributed by atoms with Crippen molar-refractivity contribution in [2.45, 2.75) is 58.4 Å². The summed E-state index contributed by atoms with van der Waals surface area (Å²) in [5.74, 6) is 0.905. The predicted octanol–water partition coefficient (Wildman–Crippen LogP) is 4.95. The molecule has 0 aliphatic rings. The molecule has 0 aliphatic heterocycles. The second-order valence-electron chi connectivity index (χ2n) is 6.31. The standard InChI is InChI=1S/C17H28BrNO/c1-17(2,3)19-12-8-6-5-7-9-14-10-11-16(20-4)15(18)13-14/h10-11,13,19H,5-9,12H2,1-4H3. The Morgan fingerprint density at radius 1 is 1.10 bits per heavy atom. The van der Waals surface area contributed by atoms with Gasteiger partial charge in [-0.25, -0.2) is 0 Å². The van der Waals surface area contributed by atoms with Crippen LogP contribution in [0.1, 0.15) is 52.0 Å². The fourth-order valence-electron chi connectivity index (χ4n) is 2.14. The second-order valence-corrected chi connectivity index (χ2v) is 7.16. The molecular formula is C17H28BrNO. The molecule has 0 heterocycles. The van der Waals surface area contributed by atoms with E-state index in [4.69, 9.17) is 4.74 Å². The van der Waals surface area contributed by atoms with Crippen LogP contribution in [0.4, 0.5) is 0 Å². The molecule has 1 N–H and O–H groups in total. The number of benzene rings is 1. The third kappa shape index (κ3) is 7.30. The summed E-state index contributed by atoms with van der Waals surface area (Å²) >= 11 is 3.54. The molecule has 0 aliphatic carbocycles. The SMILES string of the molecule is COc1ccc(CCCCCCNC(C)(C)C)cc1Br. The first kappa shape index (κ1) is 17.5. The zero-order valence-corrected chi connectivity index (χ0v) is 14.8. The summed E-state index contributed by atoms with van der Waals surface area (Å²) in [7, 11) is 1.70. The highest BCUT2D eigenvalue weighted by atomic mass is 79.9. The summed E-state index contributed by atoms with van der Waals surface area (Å²) in [5, 5.41) is 3.53. The average Bonchev–Trinajstić information content (AvgIpc) is 2.36. The van der Waals surface area contributed by atoms with Crippen LogP contribution in [-0.4, -0.2) is 19.2 Å². The van der Waals surface area contributed by atoms with E-state index in [1.54, 1.807) is 7.11 Å². The summed E-state index contributed by atoms with van der Waals surface area (Å²) in [6, 6.07) is 6.36. The molecule has 0 atom stereocenters. The molecule has 2 nitrogen and oxygen atoms in total. The van der Waals surface area contributed by atoms with Gasteiger partial charge in [-0.1, -0.05) is 18.9 Å². The summed E-state index contributed by atoms with van der Waals surface area (Å²) in [6.07, 6.45) is 6.28. The third-order valence-corrected chi connectivity index (χ3v) is 3.88. The molecule has 0 amide bonds. The number of nitrogens with one attached hydrogen (secondary N) is 1. The van der Waals surface area contributed by atoms with E-state index in [1.165, 1.54) is 31.2 Å². The highest BCUT2D eigenvalue weighted by Crippen LogP contribution is 2.26. The first-order valence-corrected chi connectivity index (χ1v) is 8.29. The Bertz CT molecular complexity index is 398. The summed E-state index contributed by atoms with van der Waals surface area (Å²) in [6.45, 7) is 7.77. The third-order valence-electron chi connectivity index (χ3n) is 3.26. The van der Waals surface area contributed by atoms with E-state index in [9.17, 15) is 0 Å². The Kier molecular flexibility index (Phi) is 7.60. The molecule has 1 aromatic carbocycles. The van der Waals surface area contributed by atoms with Gasteiger partial charge in [0, 0.05) is 5.54 Å². The molecule has 0 fully saturated rings. The van der Waals surface area contributed by atoms with Gasteiger partial charge in [0.15, 0.2) is 0 Å². The van der Waals surface area contributed by atoms with E-state index in [0.717, 1.165) is 23.2 Å². The van der Waals surface area contributed by atoms with Crippen molar-refractivity contribution in [3.05, 3.63) is 28.2 Å². The lowest BCUT2D eigenvalue weighted by atomic mass is 10.1. The largest absolute Gasteiger partial charge is 0.496 e. The smallest absolute Gasteiger partial charge is 0.133 e. The molecule has 0 unspecified atom stereocenters. The quantitative estimate of drug-likeness (QED) is 0.675. The van der Waals surface area contributed by atoms with Crippen LogP contribution in [0.25, 0.3) is 0 Å². The van der Waals surface area contributed by atoms with Crippen LogP contribution in [0.15, 0.2) is 22.7 Å². The Morgan fingerprint density at radius 3 is 2.40 bits per heavy atom. The summed E-state index contributed by atoms with van der Waals surface area (Å²) < 4.78 is 6.29.